The lowest BCUT2D eigenvalue weighted by atomic mass is 10.2. The van der Waals surface area contributed by atoms with E-state index < -0.39 is 0 Å². The smallest absolute Gasteiger partial charge is 0.0387 e. The van der Waals surface area contributed by atoms with Gasteiger partial charge in [0.25, 0.3) is 0 Å². The van der Waals surface area contributed by atoms with Gasteiger partial charge in [0.1, 0.15) is 0 Å². The van der Waals surface area contributed by atoms with Crippen LogP contribution in [0.2, 0.25) is 0 Å². The molecule has 0 spiro atoms. The molecule has 2 heterocycles. The third-order valence-electron chi connectivity index (χ3n) is 1.69. The van der Waals surface area contributed by atoms with Crippen LogP contribution in [0.15, 0.2) is 11.0 Å². The predicted octanol–water partition coefficient (Wildman–Crippen LogP) is 0.979. The van der Waals surface area contributed by atoms with Crippen molar-refractivity contribution in [2.45, 2.75) is 12.5 Å². The quantitative estimate of drug-likeness (QED) is 0.520. The summed E-state index contributed by atoms with van der Waals surface area (Å²) in [7, 11) is 0. The zero-order valence-corrected chi connectivity index (χ0v) is 5.50. The van der Waals surface area contributed by atoms with Gasteiger partial charge in [-0.15, -0.1) is 11.8 Å². The summed E-state index contributed by atoms with van der Waals surface area (Å²) in [5.74, 6) is 1.32. The van der Waals surface area contributed by atoms with Crippen LogP contribution in [0, 0.1) is 0 Å². The van der Waals surface area contributed by atoms with Crippen LogP contribution >= 0.6 is 11.8 Å². The zero-order chi connectivity index (χ0) is 5.40. The lowest BCUT2D eigenvalue weighted by Gasteiger charge is -2.00. The standard InChI is InChI=1S/C6H9NS/c1-3-7-5-2-4-8-6(1)5/h1,5,7H,2-4H2. The molecule has 8 heavy (non-hydrogen) atoms. The maximum Gasteiger partial charge on any atom is 0.0387 e. The summed E-state index contributed by atoms with van der Waals surface area (Å²) in [6, 6.07) is 0.750. The minimum absolute atomic E-state index is 0.750. The molecule has 0 bridgehead atoms. The lowest BCUT2D eigenvalue weighted by Crippen LogP contribution is -2.21. The fourth-order valence-electron chi connectivity index (χ4n) is 1.24. The van der Waals surface area contributed by atoms with E-state index in [0.29, 0.717) is 0 Å². The molecular weight excluding hydrogens is 118 g/mol. The van der Waals surface area contributed by atoms with Crippen molar-refractivity contribution >= 4 is 11.8 Å². The SMILES string of the molecule is C1=C2SCCC2NC1. The van der Waals surface area contributed by atoms with Crippen molar-refractivity contribution in [3.63, 3.8) is 0 Å². The Morgan fingerprint density at radius 1 is 1.75 bits per heavy atom. The van der Waals surface area contributed by atoms with E-state index in [2.05, 4.69) is 11.4 Å². The second-order valence-corrected chi connectivity index (χ2v) is 3.37. The first-order valence-corrected chi connectivity index (χ1v) is 4.01. The largest absolute Gasteiger partial charge is 0.306 e. The second-order valence-electron chi connectivity index (χ2n) is 2.20. The third kappa shape index (κ3) is 0.599. The molecule has 2 aliphatic heterocycles. The number of thioether (sulfide) groups is 1. The molecule has 1 fully saturated rings. The average molecular weight is 127 g/mol. The van der Waals surface area contributed by atoms with Crippen LogP contribution < -0.4 is 5.32 Å². The summed E-state index contributed by atoms with van der Waals surface area (Å²) in [6.45, 7) is 1.10. The lowest BCUT2D eigenvalue weighted by molar-refractivity contribution is 0.661. The van der Waals surface area contributed by atoms with Crippen LogP contribution in [0.1, 0.15) is 6.42 Å². The van der Waals surface area contributed by atoms with E-state index in [1.807, 2.05) is 11.8 Å². The summed E-state index contributed by atoms with van der Waals surface area (Å²) in [5.41, 5.74) is 0. The fraction of sp³-hybridized carbons (Fsp3) is 0.667. The fourth-order valence-corrected chi connectivity index (χ4v) is 2.44. The monoisotopic (exact) mass is 127 g/mol. The maximum atomic E-state index is 3.41. The summed E-state index contributed by atoms with van der Waals surface area (Å²) in [5, 5.41) is 3.41. The molecule has 0 radical (unpaired) electrons. The number of rotatable bonds is 0. The highest BCUT2D eigenvalue weighted by Gasteiger charge is 2.23. The minimum Gasteiger partial charge on any atom is -0.306 e. The van der Waals surface area contributed by atoms with Crippen LogP contribution in [0.3, 0.4) is 0 Å². The van der Waals surface area contributed by atoms with Gasteiger partial charge in [0, 0.05) is 12.6 Å². The third-order valence-corrected chi connectivity index (χ3v) is 2.91. The van der Waals surface area contributed by atoms with E-state index in [9.17, 15) is 0 Å². The Morgan fingerprint density at radius 3 is 3.62 bits per heavy atom. The van der Waals surface area contributed by atoms with Crippen LogP contribution in [-0.2, 0) is 0 Å². The molecule has 1 nitrogen and oxygen atoms in total. The molecule has 0 saturated carbocycles. The average Bonchev–Trinajstić information content (AvgIpc) is 2.15. The molecule has 1 saturated heterocycles. The molecule has 1 atom stereocenters. The van der Waals surface area contributed by atoms with Gasteiger partial charge in [-0.3, -0.25) is 0 Å². The molecule has 0 aliphatic carbocycles. The molecule has 2 rings (SSSR count). The topological polar surface area (TPSA) is 12.0 Å². The van der Waals surface area contributed by atoms with Gasteiger partial charge in [0.05, 0.1) is 0 Å². The van der Waals surface area contributed by atoms with E-state index in [4.69, 9.17) is 0 Å². The highest BCUT2D eigenvalue weighted by Crippen LogP contribution is 2.32. The van der Waals surface area contributed by atoms with E-state index in [1.165, 1.54) is 12.2 Å². The van der Waals surface area contributed by atoms with Gasteiger partial charge in [-0.05, 0) is 17.1 Å². The van der Waals surface area contributed by atoms with Gasteiger partial charge in [-0.25, -0.2) is 0 Å². The first-order valence-electron chi connectivity index (χ1n) is 3.03. The van der Waals surface area contributed by atoms with Crippen LogP contribution in [0.5, 0.6) is 0 Å². The Balaban J connectivity index is 2.20. The molecule has 0 aromatic rings. The number of hydrogen-bond acceptors (Lipinski definition) is 2. The highest BCUT2D eigenvalue weighted by molar-refractivity contribution is 8.03. The summed E-state index contributed by atoms with van der Waals surface area (Å²) in [6.07, 6.45) is 3.65. The Labute approximate surface area is 53.5 Å². The van der Waals surface area contributed by atoms with Crippen molar-refractivity contribution < 1.29 is 0 Å². The van der Waals surface area contributed by atoms with Crippen LogP contribution in [-0.4, -0.2) is 18.3 Å². The molecular formula is C6H9NS. The van der Waals surface area contributed by atoms with Gasteiger partial charge < -0.3 is 5.32 Å². The van der Waals surface area contributed by atoms with Crippen LogP contribution in [0.4, 0.5) is 0 Å². The Morgan fingerprint density at radius 2 is 2.75 bits per heavy atom. The van der Waals surface area contributed by atoms with Crippen LogP contribution in [0.25, 0.3) is 0 Å². The van der Waals surface area contributed by atoms with E-state index in [-0.39, 0.29) is 0 Å². The molecule has 0 aromatic heterocycles. The summed E-state index contributed by atoms with van der Waals surface area (Å²) >= 11 is 2.01. The van der Waals surface area contributed by atoms with E-state index in [0.717, 1.165) is 12.6 Å². The molecule has 44 valence electrons. The Bertz CT molecular complexity index is 130. The van der Waals surface area contributed by atoms with Gasteiger partial charge in [-0.1, -0.05) is 6.08 Å². The van der Waals surface area contributed by atoms with Crippen molar-refractivity contribution in [2.75, 3.05) is 12.3 Å². The second kappa shape index (κ2) is 1.78. The summed E-state index contributed by atoms with van der Waals surface area (Å²) < 4.78 is 0. The molecule has 0 amide bonds. The number of hydrogen-bond donors (Lipinski definition) is 1. The zero-order valence-electron chi connectivity index (χ0n) is 4.68. The Hall–Kier alpha value is 0.0500. The van der Waals surface area contributed by atoms with Gasteiger partial charge in [-0.2, -0.15) is 0 Å². The molecule has 2 heteroatoms. The van der Waals surface area contributed by atoms with Gasteiger partial charge >= 0.3 is 0 Å². The van der Waals surface area contributed by atoms with Crippen molar-refractivity contribution in [2.24, 2.45) is 0 Å². The van der Waals surface area contributed by atoms with Gasteiger partial charge in [0.2, 0.25) is 0 Å². The van der Waals surface area contributed by atoms with Crippen molar-refractivity contribution in [1.82, 2.24) is 5.32 Å². The Kier molecular flexibility index (Phi) is 1.09. The normalized spacial score (nSPS) is 35.0. The van der Waals surface area contributed by atoms with Crippen molar-refractivity contribution in [3.8, 4) is 0 Å². The van der Waals surface area contributed by atoms with Gasteiger partial charge in [0.15, 0.2) is 0 Å². The molecule has 0 aromatic carbocycles. The van der Waals surface area contributed by atoms with E-state index in [1.54, 1.807) is 4.91 Å². The van der Waals surface area contributed by atoms with Crippen molar-refractivity contribution in [1.29, 1.82) is 0 Å². The molecule has 1 N–H and O–H groups in total. The molecule has 2 aliphatic rings. The number of fused-ring (bicyclic) bond motifs is 1. The maximum absolute atomic E-state index is 3.41. The first kappa shape index (κ1) is 4.89. The van der Waals surface area contributed by atoms with Crippen molar-refractivity contribution in [3.05, 3.63) is 11.0 Å². The number of nitrogens with one attached hydrogen (secondary N) is 1. The first-order chi connectivity index (χ1) is 3.97. The minimum atomic E-state index is 0.750. The van der Waals surface area contributed by atoms with E-state index >= 15 is 0 Å². The molecule has 1 unspecified atom stereocenters. The predicted molar refractivity (Wildman–Crippen MR) is 36.9 cm³/mol. The highest BCUT2D eigenvalue weighted by atomic mass is 32.2. The summed E-state index contributed by atoms with van der Waals surface area (Å²) in [4.78, 5) is 1.59.